The molecule has 0 amide bonds. The quantitative estimate of drug-likeness (QED) is 0.839. The lowest BCUT2D eigenvalue weighted by atomic mass is 10.4. The standard InChI is InChI=1S/C11H14N4O/c1-8-9(2)16-11(15-8)6-13-5-10-3-4-12-7-14-10/h3-4,7,13H,5-6H2,1-2H3. The summed E-state index contributed by atoms with van der Waals surface area (Å²) < 4.78 is 5.45. The van der Waals surface area contributed by atoms with Gasteiger partial charge in [-0.1, -0.05) is 0 Å². The normalized spacial score (nSPS) is 10.6. The summed E-state index contributed by atoms with van der Waals surface area (Å²) in [6.07, 6.45) is 3.26. The molecule has 0 aromatic carbocycles. The Hall–Kier alpha value is -1.75. The van der Waals surface area contributed by atoms with Gasteiger partial charge in [0.05, 0.1) is 17.9 Å². The average molecular weight is 218 g/mol. The van der Waals surface area contributed by atoms with E-state index < -0.39 is 0 Å². The molecule has 1 N–H and O–H groups in total. The largest absolute Gasteiger partial charge is 0.444 e. The molecule has 0 aliphatic carbocycles. The van der Waals surface area contributed by atoms with Crippen LogP contribution >= 0.6 is 0 Å². The third-order valence-electron chi connectivity index (χ3n) is 2.30. The van der Waals surface area contributed by atoms with Crippen LogP contribution < -0.4 is 5.32 Å². The molecular formula is C11H14N4O. The summed E-state index contributed by atoms with van der Waals surface area (Å²) in [6.45, 7) is 5.14. The van der Waals surface area contributed by atoms with Gasteiger partial charge in [-0.25, -0.2) is 15.0 Å². The number of aryl methyl sites for hydroxylation is 2. The predicted octanol–water partition coefficient (Wildman–Crippen LogP) is 1.37. The van der Waals surface area contributed by atoms with Gasteiger partial charge >= 0.3 is 0 Å². The van der Waals surface area contributed by atoms with Gasteiger partial charge in [-0.05, 0) is 19.9 Å². The van der Waals surface area contributed by atoms with Crippen LogP contribution in [-0.2, 0) is 13.1 Å². The van der Waals surface area contributed by atoms with E-state index in [1.807, 2.05) is 19.9 Å². The Kier molecular flexibility index (Phi) is 3.26. The minimum Gasteiger partial charge on any atom is -0.444 e. The third kappa shape index (κ3) is 2.64. The summed E-state index contributed by atoms with van der Waals surface area (Å²) in [6, 6.07) is 1.87. The number of aromatic nitrogens is 3. The minimum atomic E-state index is 0.610. The van der Waals surface area contributed by atoms with Gasteiger partial charge in [0, 0.05) is 12.7 Å². The van der Waals surface area contributed by atoms with Gasteiger partial charge in [-0.15, -0.1) is 0 Å². The number of oxazole rings is 1. The van der Waals surface area contributed by atoms with E-state index in [4.69, 9.17) is 4.42 Å². The Balaban J connectivity index is 1.84. The molecule has 0 aliphatic heterocycles. The molecule has 0 fully saturated rings. The number of nitrogens with one attached hydrogen (secondary N) is 1. The van der Waals surface area contributed by atoms with E-state index in [0.29, 0.717) is 19.0 Å². The van der Waals surface area contributed by atoms with Gasteiger partial charge in [0.15, 0.2) is 0 Å². The van der Waals surface area contributed by atoms with Crippen molar-refractivity contribution in [2.75, 3.05) is 0 Å². The average Bonchev–Trinajstić information content (AvgIpc) is 2.60. The van der Waals surface area contributed by atoms with Crippen molar-refractivity contribution in [3.05, 3.63) is 41.6 Å². The van der Waals surface area contributed by atoms with Crippen LogP contribution in [0.3, 0.4) is 0 Å². The lowest BCUT2D eigenvalue weighted by molar-refractivity contribution is 0.448. The van der Waals surface area contributed by atoms with Crippen LogP contribution in [0.2, 0.25) is 0 Å². The highest BCUT2D eigenvalue weighted by Crippen LogP contribution is 2.07. The molecule has 0 radical (unpaired) electrons. The zero-order valence-electron chi connectivity index (χ0n) is 9.40. The third-order valence-corrected chi connectivity index (χ3v) is 2.30. The summed E-state index contributed by atoms with van der Waals surface area (Å²) in [5.74, 6) is 1.59. The Bertz CT molecular complexity index is 433. The lowest BCUT2D eigenvalue weighted by Crippen LogP contribution is -2.13. The number of hydrogen-bond donors (Lipinski definition) is 1. The van der Waals surface area contributed by atoms with Gasteiger partial charge in [0.1, 0.15) is 12.1 Å². The van der Waals surface area contributed by atoms with Crippen LogP contribution in [0.1, 0.15) is 23.0 Å². The molecule has 84 valence electrons. The highest BCUT2D eigenvalue weighted by Gasteiger charge is 2.04. The van der Waals surface area contributed by atoms with E-state index in [0.717, 1.165) is 17.1 Å². The molecule has 0 unspecified atom stereocenters. The second-order valence-electron chi connectivity index (χ2n) is 3.55. The molecule has 0 saturated heterocycles. The Morgan fingerprint density at radius 2 is 2.19 bits per heavy atom. The van der Waals surface area contributed by atoms with Crippen LogP contribution in [0.5, 0.6) is 0 Å². The summed E-state index contributed by atoms with van der Waals surface area (Å²) in [7, 11) is 0. The maximum Gasteiger partial charge on any atom is 0.208 e. The molecule has 0 aliphatic rings. The van der Waals surface area contributed by atoms with Crippen LogP contribution in [0.25, 0.3) is 0 Å². The molecule has 5 nitrogen and oxygen atoms in total. The first-order chi connectivity index (χ1) is 7.75. The first-order valence-electron chi connectivity index (χ1n) is 5.14. The smallest absolute Gasteiger partial charge is 0.208 e. The Morgan fingerprint density at radius 3 is 2.81 bits per heavy atom. The fourth-order valence-corrected chi connectivity index (χ4v) is 1.33. The molecule has 0 bridgehead atoms. The molecule has 16 heavy (non-hydrogen) atoms. The maximum absolute atomic E-state index is 5.45. The van der Waals surface area contributed by atoms with Crippen LogP contribution in [0.4, 0.5) is 0 Å². The number of rotatable bonds is 4. The Morgan fingerprint density at radius 1 is 1.31 bits per heavy atom. The molecule has 0 atom stereocenters. The van der Waals surface area contributed by atoms with Crippen molar-refractivity contribution in [3.8, 4) is 0 Å². The van der Waals surface area contributed by atoms with Crippen molar-refractivity contribution >= 4 is 0 Å². The highest BCUT2D eigenvalue weighted by atomic mass is 16.4. The predicted molar refractivity (Wildman–Crippen MR) is 58.6 cm³/mol. The highest BCUT2D eigenvalue weighted by molar-refractivity contribution is 5.05. The van der Waals surface area contributed by atoms with E-state index in [2.05, 4.69) is 20.3 Å². The van der Waals surface area contributed by atoms with Gasteiger partial charge in [0.2, 0.25) is 5.89 Å². The van der Waals surface area contributed by atoms with E-state index in [1.54, 1.807) is 6.20 Å². The van der Waals surface area contributed by atoms with Gasteiger partial charge in [-0.2, -0.15) is 0 Å². The van der Waals surface area contributed by atoms with Crippen LogP contribution in [0.15, 0.2) is 23.0 Å². The summed E-state index contributed by atoms with van der Waals surface area (Å²) in [5.41, 5.74) is 1.90. The molecule has 5 heteroatoms. The van der Waals surface area contributed by atoms with E-state index in [9.17, 15) is 0 Å². The fraction of sp³-hybridized carbons (Fsp3) is 0.364. The van der Waals surface area contributed by atoms with E-state index in [-0.39, 0.29) is 0 Å². The van der Waals surface area contributed by atoms with Crippen molar-refractivity contribution in [3.63, 3.8) is 0 Å². The molecule has 2 aromatic rings. The van der Waals surface area contributed by atoms with Crippen molar-refractivity contribution in [1.29, 1.82) is 0 Å². The minimum absolute atomic E-state index is 0.610. The molecule has 2 aromatic heterocycles. The molecule has 0 saturated carbocycles. The molecule has 2 heterocycles. The van der Waals surface area contributed by atoms with Crippen molar-refractivity contribution in [2.24, 2.45) is 0 Å². The van der Waals surface area contributed by atoms with Gasteiger partial charge in [-0.3, -0.25) is 0 Å². The summed E-state index contributed by atoms with van der Waals surface area (Å²) >= 11 is 0. The molecule has 2 rings (SSSR count). The van der Waals surface area contributed by atoms with Crippen molar-refractivity contribution in [1.82, 2.24) is 20.3 Å². The Labute approximate surface area is 94.0 Å². The first-order valence-corrected chi connectivity index (χ1v) is 5.14. The van der Waals surface area contributed by atoms with Crippen LogP contribution in [0, 0.1) is 13.8 Å². The van der Waals surface area contributed by atoms with E-state index >= 15 is 0 Å². The number of nitrogens with zero attached hydrogens (tertiary/aromatic N) is 3. The zero-order chi connectivity index (χ0) is 11.4. The second-order valence-corrected chi connectivity index (χ2v) is 3.55. The monoisotopic (exact) mass is 218 g/mol. The summed E-state index contributed by atoms with van der Waals surface area (Å²) in [5, 5.41) is 3.21. The van der Waals surface area contributed by atoms with Crippen molar-refractivity contribution in [2.45, 2.75) is 26.9 Å². The number of hydrogen-bond acceptors (Lipinski definition) is 5. The topological polar surface area (TPSA) is 63.8 Å². The van der Waals surface area contributed by atoms with Gasteiger partial charge in [0.25, 0.3) is 0 Å². The molecular weight excluding hydrogens is 204 g/mol. The van der Waals surface area contributed by atoms with Gasteiger partial charge < -0.3 is 9.73 Å². The van der Waals surface area contributed by atoms with Crippen LogP contribution in [-0.4, -0.2) is 15.0 Å². The molecule has 0 spiro atoms. The second kappa shape index (κ2) is 4.85. The SMILES string of the molecule is Cc1nc(CNCc2ccncn2)oc1C. The first kappa shape index (κ1) is 10.8. The lowest BCUT2D eigenvalue weighted by Gasteiger charge is -2.00. The fourth-order valence-electron chi connectivity index (χ4n) is 1.33. The van der Waals surface area contributed by atoms with Crippen molar-refractivity contribution < 1.29 is 4.42 Å². The summed E-state index contributed by atoms with van der Waals surface area (Å²) in [4.78, 5) is 12.2. The zero-order valence-corrected chi connectivity index (χ0v) is 9.40. The maximum atomic E-state index is 5.45. The van der Waals surface area contributed by atoms with E-state index in [1.165, 1.54) is 6.33 Å².